The maximum Gasteiger partial charge on any atom is 0.164 e. The molecule has 6 rings (SSSR count). The van der Waals surface area contributed by atoms with Crippen LogP contribution in [0.1, 0.15) is 11.3 Å². The summed E-state index contributed by atoms with van der Waals surface area (Å²) in [7, 11) is 1.88. The predicted molar refractivity (Wildman–Crippen MR) is 139 cm³/mol. The molecular weight excluding hydrogens is 466 g/mol. The number of anilines is 2. The van der Waals surface area contributed by atoms with Crippen molar-refractivity contribution in [2.75, 3.05) is 36.8 Å². The summed E-state index contributed by atoms with van der Waals surface area (Å²) < 4.78 is 3.43. The SMILES string of the molecule is Cn1cc(-c2cc(-c3ccc(N4CCN(Cc5cnccn5)CC4)nc3)c3c(C#N)c(N)nn3c2)cn1. The van der Waals surface area contributed by atoms with Gasteiger partial charge in [-0.15, -0.1) is 5.10 Å². The van der Waals surface area contributed by atoms with Gasteiger partial charge in [0.2, 0.25) is 0 Å². The molecule has 0 unspecified atom stereocenters. The van der Waals surface area contributed by atoms with Crippen molar-refractivity contribution in [2.24, 2.45) is 7.05 Å². The van der Waals surface area contributed by atoms with E-state index in [1.165, 1.54) is 0 Å². The van der Waals surface area contributed by atoms with Crippen LogP contribution >= 0.6 is 0 Å². The second kappa shape index (κ2) is 9.33. The van der Waals surface area contributed by atoms with Gasteiger partial charge < -0.3 is 10.6 Å². The molecule has 0 saturated carbocycles. The van der Waals surface area contributed by atoms with E-state index in [0.29, 0.717) is 11.1 Å². The molecule has 0 spiro atoms. The molecule has 1 fully saturated rings. The quantitative estimate of drug-likeness (QED) is 0.394. The van der Waals surface area contributed by atoms with Gasteiger partial charge in [-0.2, -0.15) is 10.4 Å². The number of hydrogen-bond donors (Lipinski definition) is 1. The van der Waals surface area contributed by atoms with Crippen LogP contribution in [0.25, 0.3) is 27.8 Å². The van der Waals surface area contributed by atoms with Crippen LogP contribution in [0.3, 0.4) is 0 Å². The average Bonchev–Trinajstić information content (AvgIpc) is 3.51. The molecule has 0 amide bonds. The Morgan fingerprint density at radius 2 is 1.84 bits per heavy atom. The topological polar surface area (TPSA) is 130 Å². The van der Waals surface area contributed by atoms with Gasteiger partial charge in [0.25, 0.3) is 0 Å². The molecule has 1 aliphatic rings. The van der Waals surface area contributed by atoms with Crippen molar-refractivity contribution in [1.82, 2.24) is 39.2 Å². The molecule has 0 radical (unpaired) electrons. The van der Waals surface area contributed by atoms with Gasteiger partial charge >= 0.3 is 0 Å². The Morgan fingerprint density at radius 1 is 0.973 bits per heavy atom. The van der Waals surface area contributed by atoms with Crippen molar-refractivity contribution in [2.45, 2.75) is 6.54 Å². The van der Waals surface area contributed by atoms with Gasteiger partial charge in [-0.1, -0.05) is 0 Å². The van der Waals surface area contributed by atoms with E-state index in [1.54, 1.807) is 27.8 Å². The minimum Gasteiger partial charge on any atom is -0.381 e. The van der Waals surface area contributed by atoms with Gasteiger partial charge in [0.15, 0.2) is 5.82 Å². The molecular formula is C26H25N11. The van der Waals surface area contributed by atoms with Crippen molar-refractivity contribution in [3.8, 4) is 28.3 Å². The van der Waals surface area contributed by atoms with E-state index >= 15 is 0 Å². The van der Waals surface area contributed by atoms with Crippen molar-refractivity contribution in [3.63, 3.8) is 0 Å². The first-order valence-electron chi connectivity index (χ1n) is 12.0. The Balaban J connectivity index is 1.27. The maximum absolute atomic E-state index is 9.76. The fourth-order valence-corrected chi connectivity index (χ4v) is 4.76. The number of nitriles is 1. The number of nitrogens with two attached hydrogens (primary N) is 1. The van der Waals surface area contributed by atoms with E-state index in [9.17, 15) is 5.26 Å². The normalized spacial score (nSPS) is 14.2. The second-order valence-corrected chi connectivity index (χ2v) is 9.08. The summed E-state index contributed by atoms with van der Waals surface area (Å²) in [6.07, 6.45) is 12.7. The molecule has 184 valence electrons. The number of rotatable bonds is 5. The zero-order valence-corrected chi connectivity index (χ0v) is 20.4. The Hall–Kier alpha value is -4.82. The van der Waals surface area contributed by atoms with Crippen molar-refractivity contribution in [1.29, 1.82) is 5.26 Å². The van der Waals surface area contributed by atoms with Gasteiger partial charge in [-0.25, -0.2) is 9.50 Å². The number of nitrogens with zero attached hydrogens (tertiary/aromatic N) is 10. The summed E-state index contributed by atoms with van der Waals surface area (Å²) in [5, 5.41) is 18.4. The van der Waals surface area contributed by atoms with Crippen LogP contribution in [0, 0.1) is 11.3 Å². The molecule has 5 aromatic rings. The fraction of sp³-hybridized carbons (Fsp3) is 0.231. The molecule has 37 heavy (non-hydrogen) atoms. The highest BCUT2D eigenvalue weighted by molar-refractivity contribution is 5.90. The molecule has 1 saturated heterocycles. The van der Waals surface area contributed by atoms with Gasteiger partial charge in [0.1, 0.15) is 17.5 Å². The number of hydrogen-bond acceptors (Lipinski definition) is 9. The zero-order chi connectivity index (χ0) is 25.4. The smallest absolute Gasteiger partial charge is 0.164 e. The minimum absolute atomic E-state index is 0.205. The first kappa shape index (κ1) is 22.6. The largest absolute Gasteiger partial charge is 0.381 e. The lowest BCUT2D eigenvalue weighted by molar-refractivity contribution is 0.246. The number of aryl methyl sites for hydroxylation is 1. The summed E-state index contributed by atoms with van der Waals surface area (Å²) in [5.74, 6) is 1.13. The first-order chi connectivity index (χ1) is 18.1. The highest BCUT2D eigenvalue weighted by Crippen LogP contribution is 2.34. The van der Waals surface area contributed by atoms with Crippen LogP contribution < -0.4 is 10.6 Å². The van der Waals surface area contributed by atoms with Crippen molar-refractivity contribution < 1.29 is 0 Å². The summed E-state index contributed by atoms with van der Waals surface area (Å²) in [6.45, 7) is 4.41. The van der Waals surface area contributed by atoms with Gasteiger partial charge in [-0.05, 0) is 18.2 Å². The van der Waals surface area contributed by atoms with Crippen molar-refractivity contribution in [3.05, 3.63) is 72.8 Å². The maximum atomic E-state index is 9.76. The van der Waals surface area contributed by atoms with Crippen LogP contribution in [-0.4, -0.2) is 65.4 Å². The second-order valence-electron chi connectivity index (χ2n) is 9.08. The third-order valence-electron chi connectivity index (χ3n) is 6.66. The number of aromatic nitrogens is 7. The third-order valence-corrected chi connectivity index (χ3v) is 6.66. The molecule has 11 heteroatoms. The highest BCUT2D eigenvalue weighted by Gasteiger charge is 2.20. The monoisotopic (exact) mass is 491 g/mol. The average molecular weight is 492 g/mol. The molecule has 2 N–H and O–H groups in total. The molecule has 0 aromatic carbocycles. The van der Waals surface area contributed by atoms with E-state index in [0.717, 1.165) is 66.5 Å². The van der Waals surface area contributed by atoms with E-state index < -0.39 is 0 Å². The van der Waals surface area contributed by atoms with E-state index in [2.05, 4.69) is 36.0 Å². The molecule has 1 aliphatic heterocycles. The van der Waals surface area contributed by atoms with Crippen LogP contribution in [0.5, 0.6) is 0 Å². The molecule has 0 aliphatic carbocycles. The van der Waals surface area contributed by atoms with Gasteiger partial charge in [0, 0.05) is 99.2 Å². The van der Waals surface area contributed by atoms with E-state index in [1.807, 2.05) is 50.0 Å². The molecule has 5 aromatic heterocycles. The molecule has 0 atom stereocenters. The number of fused-ring (bicyclic) bond motifs is 1. The van der Waals surface area contributed by atoms with E-state index in [-0.39, 0.29) is 5.82 Å². The summed E-state index contributed by atoms with van der Waals surface area (Å²) in [4.78, 5) is 18.0. The fourth-order valence-electron chi connectivity index (χ4n) is 4.76. The van der Waals surface area contributed by atoms with Gasteiger partial charge in [0.05, 0.1) is 17.4 Å². The first-order valence-corrected chi connectivity index (χ1v) is 12.0. The summed E-state index contributed by atoms with van der Waals surface area (Å²) >= 11 is 0. The predicted octanol–water partition coefficient (Wildman–Crippen LogP) is 2.36. The van der Waals surface area contributed by atoms with Crippen LogP contribution in [-0.2, 0) is 13.6 Å². The minimum atomic E-state index is 0.205. The lowest BCUT2D eigenvalue weighted by Crippen LogP contribution is -2.46. The number of piperazine rings is 1. The number of nitrogen functional groups attached to an aromatic ring is 1. The molecule has 11 nitrogen and oxygen atoms in total. The molecule has 6 heterocycles. The highest BCUT2D eigenvalue weighted by atomic mass is 15.3. The van der Waals surface area contributed by atoms with Gasteiger partial charge in [-0.3, -0.25) is 19.5 Å². The number of pyridine rings is 2. The van der Waals surface area contributed by atoms with Crippen LogP contribution in [0.4, 0.5) is 11.6 Å². The summed E-state index contributed by atoms with van der Waals surface area (Å²) in [6, 6.07) is 8.32. The van der Waals surface area contributed by atoms with E-state index in [4.69, 9.17) is 10.7 Å². The lowest BCUT2D eigenvalue weighted by Gasteiger charge is -2.35. The Kier molecular flexibility index (Phi) is 5.71. The Labute approximate surface area is 213 Å². The zero-order valence-electron chi connectivity index (χ0n) is 20.4. The van der Waals surface area contributed by atoms with Crippen LogP contribution in [0.2, 0.25) is 0 Å². The Morgan fingerprint density at radius 3 is 2.51 bits per heavy atom. The summed E-state index contributed by atoms with van der Waals surface area (Å²) in [5.41, 5.74) is 11.7. The van der Waals surface area contributed by atoms with Crippen LogP contribution in [0.15, 0.2) is 61.6 Å². The Bertz CT molecular complexity index is 1590. The van der Waals surface area contributed by atoms with Crippen molar-refractivity contribution >= 4 is 17.2 Å². The molecule has 0 bridgehead atoms. The standard InChI is InChI=1S/C26H25N11/c1-34-15-20(13-32-34)19-10-22(25-23(11-27)26(28)33-37(25)16-19)18-2-3-24(31-12-18)36-8-6-35(7-9-36)17-21-14-29-4-5-30-21/h2-5,10,12-16H,6-9,17H2,1H3,(H2,28,33). The lowest BCUT2D eigenvalue weighted by atomic mass is 10.0. The third kappa shape index (κ3) is 4.34.